The van der Waals surface area contributed by atoms with Crippen LogP contribution in [0.5, 0.6) is 0 Å². The number of anilines is 2. The summed E-state index contributed by atoms with van der Waals surface area (Å²) in [6.45, 7) is 2.45. The van der Waals surface area contributed by atoms with Gasteiger partial charge in [0.25, 0.3) is 0 Å². The molecular formula is C11H17N5O2S. The van der Waals surface area contributed by atoms with Crippen molar-refractivity contribution in [3.8, 4) is 0 Å². The highest BCUT2D eigenvalue weighted by molar-refractivity contribution is 7.99. The summed E-state index contributed by atoms with van der Waals surface area (Å²) in [5, 5.41) is 17.3. The van der Waals surface area contributed by atoms with E-state index in [-0.39, 0.29) is 17.5 Å². The van der Waals surface area contributed by atoms with Crippen LogP contribution in [0.3, 0.4) is 0 Å². The van der Waals surface area contributed by atoms with Gasteiger partial charge in [-0.15, -0.1) is 0 Å². The number of hydrogen-bond donors (Lipinski definition) is 2. The van der Waals surface area contributed by atoms with Crippen LogP contribution in [0, 0.1) is 10.1 Å². The molecule has 2 heterocycles. The third-order valence-electron chi connectivity index (χ3n) is 2.85. The molecule has 0 aromatic carbocycles. The molecule has 0 bridgehead atoms. The number of nitrogens with zero attached hydrogens (tertiary/aromatic N) is 3. The molecule has 1 saturated heterocycles. The molecule has 0 saturated carbocycles. The van der Waals surface area contributed by atoms with E-state index in [0.717, 1.165) is 24.3 Å². The van der Waals surface area contributed by atoms with E-state index in [0.29, 0.717) is 12.4 Å². The lowest BCUT2D eigenvalue weighted by Crippen LogP contribution is -2.27. The Balaban J connectivity index is 2.22. The van der Waals surface area contributed by atoms with Crippen molar-refractivity contribution in [2.45, 2.75) is 25.8 Å². The Morgan fingerprint density at radius 2 is 2.32 bits per heavy atom. The lowest BCUT2D eigenvalue weighted by molar-refractivity contribution is -0.383. The predicted octanol–water partition coefficient (Wildman–Crippen LogP) is 2.12. The Labute approximate surface area is 115 Å². The van der Waals surface area contributed by atoms with Gasteiger partial charge in [0.1, 0.15) is 6.33 Å². The fraction of sp³-hybridized carbons (Fsp3) is 0.636. The van der Waals surface area contributed by atoms with Crippen LogP contribution >= 0.6 is 11.8 Å². The van der Waals surface area contributed by atoms with E-state index in [1.54, 1.807) is 0 Å². The van der Waals surface area contributed by atoms with Crippen LogP contribution in [0.25, 0.3) is 0 Å². The van der Waals surface area contributed by atoms with Crippen LogP contribution in [0.15, 0.2) is 6.33 Å². The summed E-state index contributed by atoms with van der Waals surface area (Å²) < 4.78 is 0. The van der Waals surface area contributed by atoms with Crippen molar-refractivity contribution >= 4 is 29.1 Å². The highest BCUT2D eigenvalue weighted by atomic mass is 32.2. The molecule has 0 radical (unpaired) electrons. The van der Waals surface area contributed by atoms with Crippen LogP contribution in [-0.2, 0) is 0 Å². The molecule has 1 unspecified atom stereocenters. The van der Waals surface area contributed by atoms with Gasteiger partial charge in [0, 0.05) is 18.3 Å². The number of aromatic nitrogens is 2. The molecule has 8 heteroatoms. The van der Waals surface area contributed by atoms with Crippen molar-refractivity contribution < 1.29 is 4.92 Å². The van der Waals surface area contributed by atoms with Gasteiger partial charge in [0.15, 0.2) is 0 Å². The van der Waals surface area contributed by atoms with Gasteiger partial charge in [-0.05, 0) is 25.5 Å². The van der Waals surface area contributed by atoms with Gasteiger partial charge >= 0.3 is 5.69 Å². The normalized spacial score (nSPS) is 18.9. The molecule has 1 aliphatic heterocycles. The molecule has 0 amide bonds. The number of hydrogen-bond acceptors (Lipinski definition) is 7. The Morgan fingerprint density at radius 1 is 1.53 bits per heavy atom. The monoisotopic (exact) mass is 283 g/mol. The maximum absolute atomic E-state index is 11.2. The number of nitrogens with one attached hydrogen (secondary N) is 2. The highest BCUT2D eigenvalue weighted by Crippen LogP contribution is 2.30. The fourth-order valence-electron chi connectivity index (χ4n) is 2.00. The zero-order chi connectivity index (χ0) is 13.7. The average molecular weight is 283 g/mol. The summed E-state index contributed by atoms with van der Waals surface area (Å²) in [4.78, 5) is 18.7. The minimum Gasteiger partial charge on any atom is -0.364 e. The third-order valence-corrected chi connectivity index (χ3v) is 4.07. The van der Waals surface area contributed by atoms with Crippen molar-refractivity contribution in [2.75, 3.05) is 28.7 Å². The van der Waals surface area contributed by atoms with Crippen LogP contribution in [0.2, 0.25) is 0 Å². The van der Waals surface area contributed by atoms with Gasteiger partial charge in [-0.25, -0.2) is 9.97 Å². The predicted molar refractivity (Wildman–Crippen MR) is 76.8 cm³/mol. The van der Waals surface area contributed by atoms with E-state index in [1.165, 1.54) is 6.33 Å². The third kappa shape index (κ3) is 3.46. The van der Waals surface area contributed by atoms with Gasteiger partial charge < -0.3 is 10.6 Å². The van der Waals surface area contributed by atoms with Crippen LogP contribution in [-0.4, -0.2) is 39.0 Å². The first-order valence-corrected chi connectivity index (χ1v) is 7.45. The lowest BCUT2D eigenvalue weighted by atomic mass is 10.2. The second-order valence-electron chi connectivity index (χ2n) is 4.27. The molecule has 1 aromatic rings. The van der Waals surface area contributed by atoms with Crippen molar-refractivity contribution in [3.63, 3.8) is 0 Å². The first kappa shape index (κ1) is 13.9. The Kier molecular flexibility index (Phi) is 4.78. The maximum atomic E-state index is 11.2. The molecule has 19 heavy (non-hydrogen) atoms. The standard InChI is InChI=1S/C11H17N5O2S/c1-2-12-10-9(16(17)18)11(14-7-13-10)15-8-4-3-5-19-6-8/h7-8H,2-6H2,1H3,(H2,12,13,14,15). The van der Waals surface area contributed by atoms with Gasteiger partial charge in [0.05, 0.1) is 4.92 Å². The van der Waals surface area contributed by atoms with Crippen LogP contribution in [0.1, 0.15) is 19.8 Å². The SMILES string of the molecule is CCNc1ncnc(NC2CCCSC2)c1[N+](=O)[O-]. The van der Waals surface area contributed by atoms with E-state index >= 15 is 0 Å². The zero-order valence-electron chi connectivity index (χ0n) is 10.8. The fourth-order valence-corrected chi connectivity index (χ4v) is 3.07. The van der Waals surface area contributed by atoms with E-state index in [1.807, 2.05) is 18.7 Å². The summed E-state index contributed by atoms with van der Waals surface area (Å²) in [6, 6.07) is 0.238. The van der Waals surface area contributed by atoms with Gasteiger partial charge in [-0.2, -0.15) is 11.8 Å². The second-order valence-corrected chi connectivity index (χ2v) is 5.42. The van der Waals surface area contributed by atoms with E-state index in [2.05, 4.69) is 20.6 Å². The molecule has 1 aliphatic rings. The highest BCUT2D eigenvalue weighted by Gasteiger charge is 2.25. The van der Waals surface area contributed by atoms with Crippen molar-refractivity contribution in [1.29, 1.82) is 0 Å². The van der Waals surface area contributed by atoms with E-state index < -0.39 is 4.92 Å². The summed E-state index contributed by atoms with van der Waals surface area (Å²) in [6.07, 6.45) is 3.50. The van der Waals surface area contributed by atoms with E-state index in [9.17, 15) is 10.1 Å². The molecule has 1 fully saturated rings. The number of thioether (sulfide) groups is 1. The van der Waals surface area contributed by atoms with Crippen molar-refractivity contribution in [2.24, 2.45) is 0 Å². The Morgan fingerprint density at radius 3 is 2.95 bits per heavy atom. The van der Waals surface area contributed by atoms with Crippen molar-refractivity contribution in [1.82, 2.24) is 9.97 Å². The minimum absolute atomic E-state index is 0.0695. The smallest absolute Gasteiger partial charge is 0.353 e. The van der Waals surface area contributed by atoms with Crippen molar-refractivity contribution in [3.05, 3.63) is 16.4 Å². The quantitative estimate of drug-likeness (QED) is 0.631. The first-order chi connectivity index (χ1) is 9.22. The van der Waals surface area contributed by atoms with E-state index in [4.69, 9.17) is 0 Å². The lowest BCUT2D eigenvalue weighted by Gasteiger charge is -2.22. The summed E-state index contributed by atoms with van der Waals surface area (Å²) >= 11 is 1.86. The molecule has 7 nitrogen and oxygen atoms in total. The van der Waals surface area contributed by atoms with Gasteiger partial charge in [-0.1, -0.05) is 0 Å². The van der Waals surface area contributed by atoms with Crippen LogP contribution in [0.4, 0.5) is 17.3 Å². The number of rotatable bonds is 5. The molecule has 104 valence electrons. The molecule has 2 N–H and O–H groups in total. The molecular weight excluding hydrogens is 266 g/mol. The molecule has 1 atom stereocenters. The minimum atomic E-state index is -0.434. The number of nitro groups is 1. The van der Waals surface area contributed by atoms with Crippen LogP contribution < -0.4 is 10.6 Å². The summed E-state index contributed by atoms with van der Waals surface area (Å²) in [5.41, 5.74) is -0.0695. The average Bonchev–Trinajstić information content (AvgIpc) is 2.40. The van der Waals surface area contributed by atoms with Gasteiger partial charge in [-0.3, -0.25) is 10.1 Å². The summed E-state index contributed by atoms with van der Waals surface area (Å²) in [5.74, 6) is 2.70. The first-order valence-electron chi connectivity index (χ1n) is 6.30. The topological polar surface area (TPSA) is 93.0 Å². The molecule has 0 spiro atoms. The largest absolute Gasteiger partial charge is 0.364 e. The maximum Gasteiger partial charge on any atom is 0.353 e. The molecule has 1 aromatic heterocycles. The Bertz CT molecular complexity index is 451. The van der Waals surface area contributed by atoms with Gasteiger partial charge in [0.2, 0.25) is 11.6 Å². The molecule has 2 rings (SSSR count). The Hall–Kier alpha value is -1.57. The summed E-state index contributed by atoms with van der Waals surface area (Å²) in [7, 11) is 0. The zero-order valence-corrected chi connectivity index (χ0v) is 11.6. The molecule has 0 aliphatic carbocycles. The second kappa shape index (κ2) is 6.55.